The molecule has 1 N–H and O–H groups in total. The zero-order chi connectivity index (χ0) is 16.3. The van der Waals surface area contributed by atoms with E-state index >= 15 is 0 Å². The number of carbonyl (C=O) groups is 2. The maximum Gasteiger partial charge on any atom is 0.413 e. The van der Waals surface area contributed by atoms with Gasteiger partial charge in [0, 0.05) is 5.39 Å². The molecule has 1 aromatic heterocycles. The van der Waals surface area contributed by atoms with Crippen molar-refractivity contribution in [3.8, 4) is 0 Å². The molecule has 0 fully saturated rings. The summed E-state index contributed by atoms with van der Waals surface area (Å²) in [5, 5.41) is 3.19. The van der Waals surface area contributed by atoms with Crippen molar-refractivity contribution in [2.24, 2.45) is 0 Å². The normalized spacial score (nSPS) is 11.1. The minimum absolute atomic E-state index is 0.230. The molecule has 2 rings (SSSR count). The number of carbonyl (C=O) groups excluding carboxylic acids is 2. The number of rotatable bonds is 2. The van der Waals surface area contributed by atoms with Crippen LogP contribution >= 0.6 is 0 Å². The molecule has 0 bridgehead atoms. The molecule has 1 heterocycles. The van der Waals surface area contributed by atoms with Gasteiger partial charge in [0.25, 0.3) is 0 Å². The third-order valence-corrected chi connectivity index (χ3v) is 2.75. The summed E-state index contributed by atoms with van der Waals surface area (Å²) in [5.41, 5.74) is 0.294. The number of fused-ring (bicyclic) bond motifs is 1. The lowest BCUT2D eigenvalue weighted by Crippen LogP contribution is -2.27. The highest BCUT2D eigenvalue weighted by atomic mass is 16.6. The van der Waals surface area contributed by atoms with Crippen LogP contribution < -0.4 is 5.32 Å². The first kappa shape index (κ1) is 15.8. The topological polar surface area (TPSA) is 77.5 Å². The number of para-hydroxylation sites is 1. The monoisotopic (exact) mass is 302 g/mol. The number of hydrogen-bond acceptors (Lipinski definition) is 5. The zero-order valence-corrected chi connectivity index (χ0v) is 13.0. The predicted molar refractivity (Wildman–Crippen MR) is 82.9 cm³/mol. The second kappa shape index (κ2) is 6.01. The van der Waals surface area contributed by atoms with Crippen molar-refractivity contribution in [3.63, 3.8) is 0 Å². The summed E-state index contributed by atoms with van der Waals surface area (Å²) >= 11 is 0. The molecule has 0 saturated heterocycles. The van der Waals surface area contributed by atoms with Crippen LogP contribution in [0.3, 0.4) is 0 Å². The quantitative estimate of drug-likeness (QED) is 0.861. The van der Waals surface area contributed by atoms with Gasteiger partial charge in [0.1, 0.15) is 11.4 Å². The van der Waals surface area contributed by atoms with Crippen molar-refractivity contribution in [2.75, 3.05) is 12.4 Å². The highest BCUT2D eigenvalue weighted by Gasteiger charge is 2.18. The number of nitrogens with zero attached hydrogens (tertiary/aromatic N) is 1. The largest absolute Gasteiger partial charge is 0.465 e. The van der Waals surface area contributed by atoms with Gasteiger partial charge in [-0.15, -0.1) is 0 Å². The van der Waals surface area contributed by atoms with Crippen molar-refractivity contribution in [3.05, 3.63) is 35.9 Å². The molecule has 0 spiro atoms. The third kappa shape index (κ3) is 3.72. The molecular weight excluding hydrogens is 284 g/mol. The van der Waals surface area contributed by atoms with Crippen LogP contribution in [-0.2, 0) is 9.47 Å². The lowest BCUT2D eigenvalue weighted by atomic mass is 10.1. The fourth-order valence-corrected chi connectivity index (χ4v) is 1.93. The van der Waals surface area contributed by atoms with Gasteiger partial charge in [0.2, 0.25) is 0 Å². The van der Waals surface area contributed by atoms with Crippen molar-refractivity contribution >= 4 is 28.8 Å². The van der Waals surface area contributed by atoms with Gasteiger partial charge in [-0.2, -0.15) is 0 Å². The van der Waals surface area contributed by atoms with Crippen molar-refractivity contribution in [1.29, 1.82) is 0 Å². The highest BCUT2D eigenvalue weighted by Crippen LogP contribution is 2.22. The summed E-state index contributed by atoms with van der Waals surface area (Å²) in [4.78, 5) is 28.0. The summed E-state index contributed by atoms with van der Waals surface area (Å²) in [6.45, 7) is 5.29. The smallest absolute Gasteiger partial charge is 0.413 e. The average Bonchev–Trinajstić information content (AvgIpc) is 2.43. The lowest BCUT2D eigenvalue weighted by molar-refractivity contribution is 0.0598. The number of pyridine rings is 1. The number of amides is 1. The number of hydrogen-bond donors (Lipinski definition) is 1. The van der Waals surface area contributed by atoms with Gasteiger partial charge in [-0.05, 0) is 32.9 Å². The van der Waals surface area contributed by atoms with E-state index in [4.69, 9.17) is 9.47 Å². The Kier molecular flexibility index (Phi) is 4.30. The summed E-state index contributed by atoms with van der Waals surface area (Å²) in [5.74, 6) is -0.265. The van der Waals surface area contributed by atoms with E-state index in [0.717, 1.165) is 0 Å². The molecule has 0 aliphatic heterocycles. The molecule has 0 atom stereocenters. The van der Waals surface area contributed by atoms with Crippen LogP contribution in [0.4, 0.5) is 10.6 Å². The predicted octanol–water partition coefficient (Wildman–Crippen LogP) is 3.37. The molecule has 0 aliphatic carbocycles. The fraction of sp³-hybridized carbons (Fsp3) is 0.312. The minimum atomic E-state index is -0.633. The van der Waals surface area contributed by atoms with Crippen molar-refractivity contribution < 1.29 is 19.1 Å². The molecule has 6 nitrogen and oxygen atoms in total. The van der Waals surface area contributed by atoms with Crippen LogP contribution in [0.25, 0.3) is 10.9 Å². The molecule has 6 heteroatoms. The number of ether oxygens (including phenoxy) is 2. The molecule has 0 saturated carbocycles. The number of nitrogens with one attached hydrogen (secondary N) is 1. The standard InChI is InChI=1S/C16H18N2O4/c1-16(2,3)22-15(20)18-13-9-11(14(19)21-4)10-7-5-6-8-12(10)17-13/h5-9H,1-4H3,(H,17,18,20). The van der Waals surface area contributed by atoms with Gasteiger partial charge in [-0.3, -0.25) is 5.32 Å². The van der Waals surface area contributed by atoms with E-state index in [9.17, 15) is 9.59 Å². The van der Waals surface area contributed by atoms with Crippen LogP contribution in [0.5, 0.6) is 0 Å². The minimum Gasteiger partial charge on any atom is -0.465 e. The number of methoxy groups -OCH3 is 1. The zero-order valence-electron chi connectivity index (χ0n) is 13.0. The molecule has 1 aromatic carbocycles. The van der Waals surface area contributed by atoms with Crippen LogP contribution in [-0.4, -0.2) is 29.8 Å². The fourth-order valence-electron chi connectivity index (χ4n) is 1.93. The Balaban J connectivity index is 2.39. The van der Waals surface area contributed by atoms with Crippen LogP contribution in [0.15, 0.2) is 30.3 Å². The number of anilines is 1. The van der Waals surface area contributed by atoms with Crippen LogP contribution in [0.1, 0.15) is 31.1 Å². The van der Waals surface area contributed by atoms with E-state index in [1.165, 1.54) is 13.2 Å². The van der Waals surface area contributed by atoms with Gasteiger partial charge >= 0.3 is 12.1 Å². The van der Waals surface area contributed by atoms with Crippen LogP contribution in [0.2, 0.25) is 0 Å². The lowest BCUT2D eigenvalue weighted by Gasteiger charge is -2.19. The van der Waals surface area contributed by atoms with Gasteiger partial charge in [0.15, 0.2) is 0 Å². The molecular formula is C16H18N2O4. The van der Waals surface area contributed by atoms with E-state index in [0.29, 0.717) is 16.5 Å². The maximum absolute atomic E-state index is 11.9. The highest BCUT2D eigenvalue weighted by molar-refractivity contribution is 6.05. The van der Waals surface area contributed by atoms with Gasteiger partial charge in [-0.1, -0.05) is 18.2 Å². The molecule has 0 radical (unpaired) electrons. The average molecular weight is 302 g/mol. The van der Waals surface area contributed by atoms with Crippen molar-refractivity contribution in [1.82, 2.24) is 4.98 Å². The molecule has 22 heavy (non-hydrogen) atoms. The van der Waals surface area contributed by atoms with E-state index in [1.54, 1.807) is 45.0 Å². The Hall–Kier alpha value is -2.63. The summed E-state index contributed by atoms with van der Waals surface area (Å²) in [7, 11) is 1.30. The Labute approximate surface area is 128 Å². The second-order valence-electron chi connectivity index (χ2n) is 5.69. The summed E-state index contributed by atoms with van der Waals surface area (Å²) in [6, 6.07) is 8.59. The van der Waals surface area contributed by atoms with Gasteiger partial charge in [0.05, 0.1) is 18.2 Å². The Bertz CT molecular complexity index is 720. The molecule has 0 aliphatic rings. The molecule has 116 valence electrons. The van der Waals surface area contributed by atoms with Crippen LogP contribution in [0, 0.1) is 0 Å². The Morgan fingerprint density at radius 1 is 1.18 bits per heavy atom. The number of benzene rings is 1. The van der Waals surface area contributed by atoms with Gasteiger partial charge in [-0.25, -0.2) is 14.6 Å². The van der Waals surface area contributed by atoms with E-state index < -0.39 is 17.7 Å². The molecule has 0 unspecified atom stereocenters. The van der Waals surface area contributed by atoms with E-state index in [1.807, 2.05) is 0 Å². The first-order valence-electron chi connectivity index (χ1n) is 6.78. The maximum atomic E-state index is 11.9. The first-order valence-corrected chi connectivity index (χ1v) is 6.78. The Morgan fingerprint density at radius 2 is 1.86 bits per heavy atom. The summed E-state index contributed by atoms with van der Waals surface area (Å²) < 4.78 is 9.95. The number of aromatic nitrogens is 1. The third-order valence-electron chi connectivity index (χ3n) is 2.75. The molecule has 2 aromatic rings. The Morgan fingerprint density at radius 3 is 2.50 bits per heavy atom. The summed E-state index contributed by atoms with van der Waals surface area (Å²) in [6.07, 6.45) is -0.633. The van der Waals surface area contributed by atoms with Crippen molar-refractivity contribution in [2.45, 2.75) is 26.4 Å². The second-order valence-corrected chi connectivity index (χ2v) is 5.69. The first-order chi connectivity index (χ1) is 10.3. The van der Waals surface area contributed by atoms with E-state index in [-0.39, 0.29) is 5.82 Å². The van der Waals surface area contributed by atoms with Gasteiger partial charge < -0.3 is 9.47 Å². The SMILES string of the molecule is COC(=O)c1cc(NC(=O)OC(C)(C)C)nc2ccccc12. The molecule has 1 amide bonds. The van der Waals surface area contributed by atoms with E-state index in [2.05, 4.69) is 10.3 Å². The number of esters is 1.